The fourth-order valence-corrected chi connectivity index (χ4v) is 4.82. The van der Waals surface area contributed by atoms with Crippen LogP contribution in [0.4, 0.5) is 5.13 Å². The van der Waals surface area contributed by atoms with Crippen LogP contribution in [-0.4, -0.2) is 22.3 Å². The molecule has 0 aliphatic carbocycles. The molecule has 1 amide bonds. The van der Waals surface area contributed by atoms with Crippen molar-refractivity contribution in [1.82, 2.24) is 9.88 Å². The molecule has 5 heteroatoms. The maximum atomic E-state index is 12.7. The summed E-state index contributed by atoms with van der Waals surface area (Å²) in [5, 5.41) is 5.88. The molecular weight excluding hydrogens is 378 g/mol. The molecule has 0 unspecified atom stereocenters. The van der Waals surface area contributed by atoms with Crippen LogP contribution >= 0.6 is 11.3 Å². The Kier molecular flexibility index (Phi) is 4.84. The minimum absolute atomic E-state index is 0.108. The van der Waals surface area contributed by atoms with Crippen LogP contribution in [0.1, 0.15) is 26.5 Å². The summed E-state index contributed by atoms with van der Waals surface area (Å²) in [5.41, 5.74) is 3.10. The summed E-state index contributed by atoms with van der Waals surface area (Å²) in [6, 6.07) is 24.4. The Balaban J connectivity index is 1.29. The van der Waals surface area contributed by atoms with Crippen LogP contribution in [0.3, 0.4) is 0 Å². The fraction of sp³-hybridized carbons (Fsp3) is 0.167. The lowest BCUT2D eigenvalue weighted by atomic mass is 10.1. The van der Waals surface area contributed by atoms with Gasteiger partial charge in [0.25, 0.3) is 5.91 Å². The van der Waals surface area contributed by atoms with E-state index in [1.54, 1.807) is 11.3 Å². The Hall–Kier alpha value is -3.02. The second-order valence-electron chi connectivity index (χ2n) is 7.35. The molecular formula is C24H21N3OS. The number of hydrogen-bond donors (Lipinski definition) is 1. The number of nitrogens with one attached hydrogen (secondary N) is 1. The highest BCUT2D eigenvalue weighted by molar-refractivity contribution is 7.15. The summed E-state index contributed by atoms with van der Waals surface area (Å²) in [6.07, 6.45) is 0.921. The van der Waals surface area contributed by atoms with Gasteiger partial charge in [0.1, 0.15) is 0 Å². The first kappa shape index (κ1) is 18.0. The molecule has 0 bridgehead atoms. The molecule has 1 aliphatic rings. The smallest absolute Gasteiger partial charge is 0.257 e. The van der Waals surface area contributed by atoms with Crippen LogP contribution in [0.25, 0.3) is 10.8 Å². The van der Waals surface area contributed by atoms with Gasteiger partial charge in [0.05, 0.1) is 5.69 Å². The monoisotopic (exact) mass is 399 g/mol. The third-order valence-electron chi connectivity index (χ3n) is 5.29. The molecule has 4 nitrogen and oxygen atoms in total. The summed E-state index contributed by atoms with van der Waals surface area (Å²) in [6.45, 7) is 2.81. The largest absolute Gasteiger partial charge is 0.298 e. The molecule has 1 aromatic heterocycles. The van der Waals surface area contributed by atoms with Crippen LogP contribution in [0.2, 0.25) is 0 Å². The Bertz CT molecular complexity index is 1170. The van der Waals surface area contributed by atoms with Gasteiger partial charge in [0.15, 0.2) is 5.13 Å². The van der Waals surface area contributed by atoms with Crippen molar-refractivity contribution in [1.29, 1.82) is 0 Å². The highest BCUT2D eigenvalue weighted by Gasteiger charge is 2.21. The highest BCUT2D eigenvalue weighted by Crippen LogP contribution is 2.29. The zero-order valence-corrected chi connectivity index (χ0v) is 16.8. The van der Waals surface area contributed by atoms with E-state index in [-0.39, 0.29) is 5.91 Å². The lowest BCUT2D eigenvalue weighted by Crippen LogP contribution is -2.29. The van der Waals surface area contributed by atoms with Crippen molar-refractivity contribution in [3.05, 3.63) is 94.5 Å². The number of amides is 1. The van der Waals surface area contributed by atoms with Crippen LogP contribution in [-0.2, 0) is 19.5 Å². The van der Waals surface area contributed by atoms with Gasteiger partial charge in [-0.15, -0.1) is 11.3 Å². The predicted molar refractivity (Wildman–Crippen MR) is 118 cm³/mol. The van der Waals surface area contributed by atoms with E-state index in [0.29, 0.717) is 10.7 Å². The fourth-order valence-electron chi connectivity index (χ4n) is 3.78. The Labute approximate surface area is 173 Å². The van der Waals surface area contributed by atoms with Crippen molar-refractivity contribution >= 4 is 33.1 Å². The standard InChI is InChI=1S/C24H21N3OS/c28-23(20-11-10-18-8-4-5-9-19(18)14-20)26-24-25-21-12-13-27(16-22(21)29-24)15-17-6-2-1-3-7-17/h1-11,14H,12-13,15-16H2,(H,25,26,28). The zero-order chi connectivity index (χ0) is 19.6. The minimum Gasteiger partial charge on any atom is -0.298 e. The first-order chi connectivity index (χ1) is 14.2. The van der Waals surface area contributed by atoms with E-state index in [0.717, 1.165) is 42.5 Å². The normalized spacial score (nSPS) is 13.9. The third kappa shape index (κ3) is 3.92. The SMILES string of the molecule is O=C(Nc1nc2c(s1)CN(Cc1ccccc1)CC2)c1ccc2ccccc2c1. The number of aromatic nitrogens is 1. The van der Waals surface area contributed by atoms with E-state index in [2.05, 4.69) is 39.5 Å². The second-order valence-corrected chi connectivity index (χ2v) is 8.43. The molecule has 1 N–H and O–H groups in total. The van der Waals surface area contributed by atoms with Crippen LogP contribution < -0.4 is 5.32 Å². The lowest BCUT2D eigenvalue weighted by Gasteiger charge is -2.25. The predicted octanol–water partition coefficient (Wildman–Crippen LogP) is 5.11. The number of nitrogens with zero attached hydrogens (tertiary/aromatic N) is 2. The zero-order valence-electron chi connectivity index (χ0n) is 16.0. The van der Waals surface area contributed by atoms with Gasteiger partial charge in [-0.3, -0.25) is 15.0 Å². The molecule has 0 spiro atoms. The number of fused-ring (bicyclic) bond motifs is 2. The van der Waals surface area contributed by atoms with Gasteiger partial charge in [-0.2, -0.15) is 0 Å². The van der Waals surface area contributed by atoms with E-state index in [9.17, 15) is 4.79 Å². The topological polar surface area (TPSA) is 45.2 Å². The second kappa shape index (κ2) is 7.78. The molecule has 0 saturated heterocycles. The summed E-state index contributed by atoms with van der Waals surface area (Å²) in [7, 11) is 0. The van der Waals surface area contributed by atoms with Crippen molar-refractivity contribution in [2.24, 2.45) is 0 Å². The summed E-state index contributed by atoms with van der Waals surface area (Å²) in [4.78, 5) is 21.1. The number of carbonyl (C=O) groups excluding carboxylic acids is 1. The number of hydrogen-bond acceptors (Lipinski definition) is 4. The van der Waals surface area contributed by atoms with Gasteiger partial charge in [0, 0.05) is 36.5 Å². The summed E-state index contributed by atoms with van der Waals surface area (Å²) in [5.74, 6) is -0.108. The van der Waals surface area contributed by atoms with E-state index in [4.69, 9.17) is 0 Å². The van der Waals surface area contributed by atoms with Gasteiger partial charge in [-0.05, 0) is 28.5 Å². The maximum absolute atomic E-state index is 12.7. The first-order valence-electron chi connectivity index (χ1n) is 9.79. The minimum atomic E-state index is -0.108. The lowest BCUT2D eigenvalue weighted by molar-refractivity contribution is 0.102. The number of carbonyl (C=O) groups is 1. The third-order valence-corrected chi connectivity index (χ3v) is 6.29. The number of thiazole rings is 1. The van der Waals surface area contributed by atoms with Crippen LogP contribution in [0, 0.1) is 0 Å². The molecule has 3 aromatic carbocycles. The molecule has 5 rings (SSSR count). The molecule has 144 valence electrons. The molecule has 2 heterocycles. The van der Waals surface area contributed by atoms with Crippen molar-refractivity contribution in [3.63, 3.8) is 0 Å². The van der Waals surface area contributed by atoms with E-state index < -0.39 is 0 Å². The van der Waals surface area contributed by atoms with Crippen molar-refractivity contribution in [3.8, 4) is 0 Å². The van der Waals surface area contributed by atoms with E-state index in [1.807, 2.05) is 48.5 Å². The first-order valence-corrected chi connectivity index (χ1v) is 10.6. The van der Waals surface area contributed by atoms with Crippen molar-refractivity contribution in [2.45, 2.75) is 19.5 Å². The van der Waals surface area contributed by atoms with Crippen molar-refractivity contribution < 1.29 is 4.79 Å². The van der Waals surface area contributed by atoms with Gasteiger partial charge in [-0.25, -0.2) is 4.98 Å². The average molecular weight is 400 g/mol. The maximum Gasteiger partial charge on any atom is 0.257 e. The molecule has 0 atom stereocenters. The molecule has 0 radical (unpaired) electrons. The quantitative estimate of drug-likeness (QED) is 0.519. The number of benzene rings is 3. The molecule has 1 aliphatic heterocycles. The van der Waals surface area contributed by atoms with Gasteiger partial charge in [-0.1, -0.05) is 60.7 Å². The van der Waals surface area contributed by atoms with Crippen molar-refractivity contribution in [2.75, 3.05) is 11.9 Å². The van der Waals surface area contributed by atoms with Crippen LogP contribution in [0.15, 0.2) is 72.8 Å². The van der Waals surface area contributed by atoms with E-state index >= 15 is 0 Å². The Morgan fingerprint density at radius 3 is 2.66 bits per heavy atom. The van der Waals surface area contributed by atoms with Gasteiger partial charge >= 0.3 is 0 Å². The average Bonchev–Trinajstić information content (AvgIpc) is 3.15. The molecule has 29 heavy (non-hydrogen) atoms. The Morgan fingerprint density at radius 2 is 1.79 bits per heavy atom. The molecule has 0 fully saturated rings. The molecule has 4 aromatic rings. The van der Waals surface area contributed by atoms with Gasteiger partial charge < -0.3 is 0 Å². The Morgan fingerprint density at radius 1 is 1.00 bits per heavy atom. The van der Waals surface area contributed by atoms with Gasteiger partial charge in [0.2, 0.25) is 0 Å². The highest BCUT2D eigenvalue weighted by atomic mass is 32.1. The summed E-state index contributed by atoms with van der Waals surface area (Å²) >= 11 is 1.59. The molecule has 0 saturated carbocycles. The van der Waals surface area contributed by atoms with Crippen LogP contribution in [0.5, 0.6) is 0 Å². The van der Waals surface area contributed by atoms with E-state index in [1.165, 1.54) is 10.4 Å². The number of anilines is 1. The number of rotatable bonds is 4. The summed E-state index contributed by atoms with van der Waals surface area (Å²) < 4.78 is 0.